The molecule has 7 nitrogen and oxygen atoms in total. The van der Waals surface area contributed by atoms with Gasteiger partial charge < -0.3 is 9.84 Å². The molecule has 3 aromatic carbocycles. The van der Waals surface area contributed by atoms with Crippen LogP contribution in [-0.4, -0.2) is 34.3 Å². The average Bonchev–Trinajstić information content (AvgIpc) is 3.10. The van der Waals surface area contributed by atoms with Crippen molar-refractivity contribution in [2.75, 3.05) is 13.2 Å². The zero-order chi connectivity index (χ0) is 25.8. The highest BCUT2D eigenvalue weighted by Gasteiger charge is 2.35. The molecule has 2 amide bonds. The van der Waals surface area contributed by atoms with E-state index in [4.69, 9.17) is 27.9 Å². The summed E-state index contributed by atoms with van der Waals surface area (Å²) in [5.74, 6) is 0.200. The van der Waals surface area contributed by atoms with Crippen molar-refractivity contribution in [3.8, 4) is 11.5 Å². The summed E-state index contributed by atoms with van der Waals surface area (Å²) in [6, 6.07) is 15.3. The van der Waals surface area contributed by atoms with Gasteiger partial charge in [-0.25, -0.2) is 0 Å². The lowest BCUT2D eigenvalue weighted by Crippen LogP contribution is -2.32. The Labute approximate surface area is 222 Å². The minimum absolute atomic E-state index is 0.0662. The molecule has 10 heteroatoms. The molecular weight excluding hydrogens is 521 g/mol. The van der Waals surface area contributed by atoms with Crippen molar-refractivity contribution in [2.24, 2.45) is 10.2 Å². The van der Waals surface area contributed by atoms with Gasteiger partial charge in [0.25, 0.3) is 11.1 Å². The fraction of sp³-hybridized carbons (Fsp3) is 0.154. The van der Waals surface area contributed by atoms with Gasteiger partial charge in [0.1, 0.15) is 23.8 Å². The molecule has 1 aliphatic heterocycles. The minimum atomic E-state index is -0.450. The molecule has 0 aromatic heterocycles. The number of carbonyl (C=O) groups excluding carboxylic acids is 2. The maximum absolute atomic E-state index is 12.9. The second-order valence-electron chi connectivity index (χ2n) is 7.99. The van der Waals surface area contributed by atoms with Crippen LogP contribution in [-0.2, 0) is 4.79 Å². The second-order valence-corrected chi connectivity index (χ2v) is 9.83. The molecule has 1 heterocycles. The first-order valence-corrected chi connectivity index (χ1v) is 12.4. The Hall–Kier alpha value is -3.33. The van der Waals surface area contributed by atoms with Crippen molar-refractivity contribution in [1.29, 1.82) is 0 Å². The Bertz CT molecular complexity index is 1410. The summed E-state index contributed by atoms with van der Waals surface area (Å²) < 4.78 is 5.79. The van der Waals surface area contributed by atoms with Crippen molar-refractivity contribution in [3.63, 3.8) is 0 Å². The molecule has 36 heavy (non-hydrogen) atoms. The predicted octanol–water partition coefficient (Wildman–Crippen LogP) is 7.85. The van der Waals surface area contributed by atoms with Crippen molar-refractivity contribution in [3.05, 3.63) is 86.2 Å². The SMILES string of the molecule is Cc1ccc(C)c(OCCN2C(=O)S/C(=C\c3cc(N=Nc4ccc(Cl)cc4Cl)ccc3O)C2=O)c1. The number of hydrogen-bond acceptors (Lipinski definition) is 7. The fourth-order valence-electron chi connectivity index (χ4n) is 3.34. The molecule has 0 aliphatic carbocycles. The molecule has 0 unspecified atom stereocenters. The largest absolute Gasteiger partial charge is 0.507 e. The molecule has 3 aromatic rings. The number of ether oxygens (including phenoxy) is 1. The number of phenolic OH excluding ortho intramolecular Hbond substituents is 1. The van der Waals surface area contributed by atoms with E-state index >= 15 is 0 Å². The van der Waals surface area contributed by atoms with Crippen LogP contribution in [0, 0.1) is 13.8 Å². The Morgan fingerprint density at radius 3 is 2.61 bits per heavy atom. The highest BCUT2D eigenvalue weighted by molar-refractivity contribution is 8.18. The van der Waals surface area contributed by atoms with Crippen molar-refractivity contribution < 1.29 is 19.4 Å². The number of aryl methyl sites for hydroxylation is 2. The van der Waals surface area contributed by atoms with Crippen LogP contribution in [0.2, 0.25) is 10.0 Å². The molecule has 0 spiro atoms. The van der Waals surface area contributed by atoms with Gasteiger partial charge in [-0.05, 0) is 85.3 Å². The molecule has 0 radical (unpaired) electrons. The predicted molar refractivity (Wildman–Crippen MR) is 143 cm³/mol. The van der Waals surface area contributed by atoms with E-state index in [0.717, 1.165) is 27.8 Å². The van der Waals surface area contributed by atoms with E-state index in [1.807, 2.05) is 32.0 Å². The van der Waals surface area contributed by atoms with Crippen LogP contribution in [0.15, 0.2) is 69.7 Å². The van der Waals surface area contributed by atoms with Gasteiger partial charge in [0.2, 0.25) is 0 Å². The topological polar surface area (TPSA) is 91.6 Å². The van der Waals surface area contributed by atoms with E-state index in [1.54, 1.807) is 30.3 Å². The monoisotopic (exact) mass is 541 g/mol. The molecule has 0 bridgehead atoms. The number of rotatable bonds is 7. The summed E-state index contributed by atoms with van der Waals surface area (Å²) in [5.41, 5.74) is 3.21. The Morgan fingerprint density at radius 2 is 1.83 bits per heavy atom. The summed E-state index contributed by atoms with van der Waals surface area (Å²) in [5, 5.41) is 19.0. The minimum Gasteiger partial charge on any atom is -0.507 e. The molecule has 1 N–H and O–H groups in total. The van der Waals surface area contributed by atoms with Gasteiger partial charge >= 0.3 is 0 Å². The van der Waals surface area contributed by atoms with Gasteiger partial charge in [-0.15, -0.1) is 5.11 Å². The number of nitrogens with zero attached hydrogens (tertiary/aromatic N) is 3. The second kappa shape index (κ2) is 11.2. The first-order chi connectivity index (χ1) is 17.2. The number of imide groups is 1. The van der Waals surface area contributed by atoms with E-state index < -0.39 is 11.1 Å². The third kappa shape index (κ3) is 6.07. The number of thioether (sulfide) groups is 1. The van der Waals surface area contributed by atoms with Gasteiger partial charge in [0.15, 0.2) is 0 Å². The number of amides is 2. The Morgan fingerprint density at radius 1 is 1.03 bits per heavy atom. The summed E-state index contributed by atoms with van der Waals surface area (Å²) in [6.45, 7) is 4.18. The van der Waals surface area contributed by atoms with Gasteiger partial charge in [-0.2, -0.15) is 5.11 Å². The van der Waals surface area contributed by atoms with Crippen molar-refractivity contribution in [1.82, 2.24) is 4.90 Å². The zero-order valence-electron chi connectivity index (χ0n) is 19.4. The average molecular weight is 542 g/mol. The maximum atomic E-state index is 12.9. The number of aromatic hydroxyl groups is 1. The lowest BCUT2D eigenvalue weighted by molar-refractivity contribution is -0.123. The molecule has 4 rings (SSSR count). The third-order valence-corrected chi connectivity index (χ3v) is 6.72. The van der Waals surface area contributed by atoms with Crippen LogP contribution in [0.5, 0.6) is 11.5 Å². The fourth-order valence-corrected chi connectivity index (χ4v) is 4.64. The number of hydrogen-bond donors (Lipinski definition) is 1. The van der Waals surface area contributed by atoms with Crippen molar-refractivity contribution in [2.45, 2.75) is 13.8 Å². The molecule has 184 valence electrons. The number of carbonyl (C=O) groups is 2. The number of halogens is 2. The third-order valence-electron chi connectivity index (χ3n) is 5.27. The van der Waals surface area contributed by atoms with Gasteiger partial charge in [-0.3, -0.25) is 14.5 Å². The first kappa shape index (κ1) is 25.8. The summed E-state index contributed by atoms with van der Waals surface area (Å²) in [7, 11) is 0. The summed E-state index contributed by atoms with van der Waals surface area (Å²) in [4.78, 5) is 26.7. The highest BCUT2D eigenvalue weighted by Crippen LogP contribution is 2.35. The van der Waals surface area contributed by atoms with Gasteiger partial charge in [0.05, 0.1) is 22.2 Å². The quantitative estimate of drug-likeness (QED) is 0.243. The lowest BCUT2D eigenvalue weighted by atomic mass is 10.1. The van der Waals surface area contributed by atoms with Crippen LogP contribution in [0.4, 0.5) is 16.2 Å². The number of benzene rings is 3. The zero-order valence-corrected chi connectivity index (χ0v) is 21.7. The summed E-state index contributed by atoms with van der Waals surface area (Å²) >= 11 is 12.8. The number of azo groups is 1. The Balaban J connectivity index is 1.46. The molecule has 1 aliphatic rings. The van der Waals surface area contributed by atoms with Gasteiger partial charge in [0, 0.05) is 10.6 Å². The smallest absolute Gasteiger partial charge is 0.293 e. The number of phenols is 1. The van der Waals surface area contributed by atoms with Crippen molar-refractivity contribution >= 4 is 63.6 Å². The van der Waals surface area contributed by atoms with Crippen LogP contribution in [0.25, 0.3) is 6.08 Å². The van der Waals surface area contributed by atoms with E-state index in [9.17, 15) is 14.7 Å². The van der Waals surface area contributed by atoms with E-state index in [1.165, 1.54) is 12.1 Å². The molecular formula is C26H21Cl2N3O4S. The van der Waals surface area contributed by atoms with E-state index in [2.05, 4.69) is 10.2 Å². The Kier molecular flexibility index (Phi) is 7.98. The van der Waals surface area contributed by atoms with Crippen LogP contribution >= 0.6 is 35.0 Å². The van der Waals surface area contributed by atoms with E-state index in [-0.39, 0.29) is 23.8 Å². The maximum Gasteiger partial charge on any atom is 0.293 e. The summed E-state index contributed by atoms with van der Waals surface area (Å²) in [6.07, 6.45) is 1.46. The van der Waals surface area contributed by atoms with Crippen LogP contribution in [0.1, 0.15) is 16.7 Å². The molecule has 1 fully saturated rings. The van der Waals surface area contributed by atoms with E-state index in [0.29, 0.717) is 32.7 Å². The molecule has 0 atom stereocenters. The molecule has 1 saturated heterocycles. The first-order valence-electron chi connectivity index (χ1n) is 10.9. The standard InChI is InChI=1S/C26H21Cl2N3O4S/c1-15-3-4-16(2)23(11-15)35-10-9-31-25(33)24(36-26(31)34)13-17-12-19(6-8-22(17)32)29-30-21-7-5-18(27)14-20(21)28/h3-8,11-14,32H,9-10H2,1-2H3/b24-13-,30-29?. The van der Waals surface area contributed by atoms with Crippen LogP contribution < -0.4 is 4.74 Å². The van der Waals surface area contributed by atoms with Gasteiger partial charge in [-0.1, -0.05) is 35.3 Å². The molecule has 0 saturated carbocycles. The van der Waals surface area contributed by atoms with Crippen LogP contribution in [0.3, 0.4) is 0 Å². The lowest BCUT2D eigenvalue weighted by Gasteiger charge is -2.14. The highest BCUT2D eigenvalue weighted by atomic mass is 35.5. The normalized spacial score (nSPS) is 14.9.